The summed E-state index contributed by atoms with van der Waals surface area (Å²) in [6, 6.07) is 8.83. The van der Waals surface area contributed by atoms with E-state index >= 15 is 0 Å². The molecule has 0 bridgehead atoms. The minimum absolute atomic E-state index is 0.149. The van der Waals surface area contributed by atoms with Crippen LogP contribution in [0.4, 0.5) is 11.4 Å². The number of halogens is 1. The van der Waals surface area contributed by atoms with Gasteiger partial charge in [-0.2, -0.15) is 0 Å². The topological polar surface area (TPSA) is 74.0 Å². The van der Waals surface area contributed by atoms with Crippen LogP contribution in [0.25, 0.3) is 6.08 Å². The van der Waals surface area contributed by atoms with E-state index in [-0.39, 0.29) is 12.6 Å². The number of hydrogen-bond acceptors (Lipinski definition) is 6. The van der Waals surface area contributed by atoms with Gasteiger partial charge in [0, 0.05) is 19.7 Å². The van der Waals surface area contributed by atoms with Crippen LogP contribution in [0.2, 0.25) is 0 Å². The zero-order valence-electron chi connectivity index (χ0n) is 14.7. The number of nitrogens with zero attached hydrogens (tertiary/aromatic N) is 1. The number of Topliss-reactive ketones (excluding diaryl/α,β-unsaturated/α-hetero) is 1. The van der Waals surface area contributed by atoms with Crippen molar-refractivity contribution in [2.45, 2.75) is 0 Å². The van der Waals surface area contributed by atoms with Crippen molar-refractivity contribution >= 4 is 39.2 Å². The Balaban J connectivity index is 1.90. The molecule has 2 aromatic carbocycles. The van der Waals surface area contributed by atoms with Crippen molar-refractivity contribution in [3.8, 4) is 17.2 Å². The first-order chi connectivity index (χ1) is 12.4. The van der Waals surface area contributed by atoms with Gasteiger partial charge in [-0.3, -0.25) is 4.79 Å². The number of ether oxygens (including phenoxy) is 3. The van der Waals surface area contributed by atoms with Gasteiger partial charge in [0.2, 0.25) is 12.5 Å². The summed E-state index contributed by atoms with van der Waals surface area (Å²) in [5, 5.41) is 0. The standard InChI is InChI=1S/C19H19BrN2O4/c1-22(2)15-5-4-12(9-14(15)21)18(23)13(20)6-11-7-16(24-3)19-17(8-11)25-10-26-19/h4-9H,10,21H2,1-3H3/b13-6+. The van der Waals surface area contributed by atoms with Gasteiger partial charge in [0.25, 0.3) is 0 Å². The molecule has 7 heteroatoms. The van der Waals surface area contributed by atoms with E-state index in [0.29, 0.717) is 33.0 Å². The summed E-state index contributed by atoms with van der Waals surface area (Å²) in [6.07, 6.45) is 1.71. The minimum atomic E-state index is -0.168. The van der Waals surface area contributed by atoms with E-state index in [2.05, 4.69) is 15.9 Å². The molecule has 26 heavy (non-hydrogen) atoms. The second kappa shape index (κ2) is 7.29. The average molecular weight is 419 g/mol. The number of ketones is 1. The molecular weight excluding hydrogens is 400 g/mol. The molecule has 1 aliphatic heterocycles. The van der Waals surface area contributed by atoms with Crippen LogP contribution in [0, 0.1) is 0 Å². The van der Waals surface area contributed by atoms with E-state index in [1.807, 2.05) is 25.1 Å². The predicted octanol–water partition coefficient (Wildman–Crippen LogP) is 3.69. The minimum Gasteiger partial charge on any atom is -0.493 e. The highest BCUT2D eigenvalue weighted by Crippen LogP contribution is 2.42. The number of carbonyl (C=O) groups is 1. The van der Waals surface area contributed by atoms with E-state index in [4.69, 9.17) is 19.9 Å². The molecule has 0 spiro atoms. The maximum absolute atomic E-state index is 12.7. The highest BCUT2D eigenvalue weighted by molar-refractivity contribution is 9.12. The van der Waals surface area contributed by atoms with Crippen LogP contribution in [0.15, 0.2) is 34.8 Å². The van der Waals surface area contributed by atoms with E-state index in [0.717, 1.165) is 11.3 Å². The molecule has 3 rings (SSSR count). The Morgan fingerprint density at radius 3 is 2.69 bits per heavy atom. The SMILES string of the molecule is COc1cc(/C=C(/Br)C(=O)c2ccc(N(C)C)c(N)c2)cc2c1OCO2. The van der Waals surface area contributed by atoms with Gasteiger partial charge in [0.05, 0.1) is 23.0 Å². The van der Waals surface area contributed by atoms with Crippen molar-refractivity contribution in [3.63, 3.8) is 0 Å². The summed E-state index contributed by atoms with van der Waals surface area (Å²) in [7, 11) is 5.35. The van der Waals surface area contributed by atoms with Crippen LogP contribution in [0.5, 0.6) is 17.2 Å². The van der Waals surface area contributed by atoms with Crippen LogP contribution < -0.4 is 24.8 Å². The van der Waals surface area contributed by atoms with Crippen molar-refractivity contribution in [2.24, 2.45) is 0 Å². The number of anilines is 2. The van der Waals surface area contributed by atoms with E-state index in [1.165, 1.54) is 0 Å². The third-order valence-corrected chi connectivity index (χ3v) is 4.55. The molecule has 0 radical (unpaired) electrons. The third-order valence-electron chi connectivity index (χ3n) is 3.96. The molecule has 0 fully saturated rings. The van der Waals surface area contributed by atoms with Gasteiger partial charge in [-0.15, -0.1) is 0 Å². The highest BCUT2D eigenvalue weighted by atomic mass is 79.9. The quantitative estimate of drug-likeness (QED) is 0.453. The lowest BCUT2D eigenvalue weighted by atomic mass is 10.1. The van der Waals surface area contributed by atoms with Gasteiger partial charge in [0.15, 0.2) is 17.3 Å². The summed E-state index contributed by atoms with van der Waals surface area (Å²) >= 11 is 3.36. The van der Waals surface area contributed by atoms with Crippen LogP contribution in [-0.2, 0) is 0 Å². The zero-order valence-corrected chi connectivity index (χ0v) is 16.3. The third kappa shape index (κ3) is 3.48. The number of carbonyl (C=O) groups excluding carboxylic acids is 1. The Morgan fingerprint density at radius 2 is 2.04 bits per heavy atom. The number of nitrogen functional groups attached to an aromatic ring is 1. The Hall–Kier alpha value is -2.67. The number of fused-ring (bicyclic) bond motifs is 1. The monoisotopic (exact) mass is 418 g/mol. The second-order valence-corrected chi connectivity index (χ2v) is 6.80. The Morgan fingerprint density at radius 1 is 1.27 bits per heavy atom. The summed E-state index contributed by atoms with van der Waals surface area (Å²) in [6.45, 7) is 0.149. The van der Waals surface area contributed by atoms with E-state index in [9.17, 15) is 4.79 Å². The van der Waals surface area contributed by atoms with Crippen molar-refractivity contribution in [3.05, 3.63) is 45.9 Å². The molecule has 1 heterocycles. The normalized spacial score (nSPS) is 12.8. The number of allylic oxidation sites excluding steroid dienone is 1. The summed E-state index contributed by atoms with van der Waals surface area (Å²) in [5.41, 5.74) is 8.70. The first kappa shape index (κ1) is 18.1. The second-order valence-electron chi connectivity index (χ2n) is 5.95. The first-order valence-corrected chi connectivity index (χ1v) is 8.66. The fraction of sp³-hybridized carbons (Fsp3) is 0.211. The zero-order chi connectivity index (χ0) is 18.8. The van der Waals surface area contributed by atoms with Crippen LogP contribution >= 0.6 is 15.9 Å². The van der Waals surface area contributed by atoms with E-state index in [1.54, 1.807) is 37.5 Å². The molecule has 0 atom stereocenters. The van der Waals surface area contributed by atoms with Crippen molar-refractivity contribution in [1.29, 1.82) is 0 Å². The lowest BCUT2D eigenvalue weighted by Gasteiger charge is -2.15. The van der Waals surface area contributed by atoms with Crippen molar-refractivity contribution in [2.75, 3.05) is 38.6 Å². The molecular formula is C19H19BrN2O4. The molecule has 6 nitrogen and oxygen atoms in total. The molecule has 136 valence electrons. The molecule has 2 aromatic rings. The van der Waals surface area contributed by atoms with Crippen molar-refractivity contribution < 1.29 is 19.0 Å². The summed E-state index contributed by atoms with van der Waals surface area (Å²) < 4.78 is 16.5. The molecule has 0 amide bonds. The van der Waals surface area contributed by atoms with Crippen LogP contribution in [-0.4, -0.2) is 33.8 Å². The molecule has 0 aliphatic carbocycles. The fourth-order valence-electron chi connectivity index (χ4n) is 2.69. The van der Waals surface area contributed by atoms with Gasteiger partial charge in [-0.25, -0.2) is 0 Å². The van der Waals surface area contributed by atoms with Crippen LogP contribution in [0.3, 0.4) is 0 Å². The van der Waals surface area contributed by atoms with Gasteiger partial charge in [-0.1, -0.05) is 0 Å². The number of hydrogen-bond donors (Lipinski definition) is 1. The maximum Gasteiger partial charge on any atom is 0.231 e. The predicted molar refractivity (Wildman–Crippen MR) is 106 cm³/mol. The summed E-state index contributed by atoms with van der Waals surface area (Å²) in [4.78, 5) is 14.6. The Bertz CT molecular complexity index is 893. The molecule has 1 aliphatic rings. The average Bonchev–Trinajstić information content (AvgIpc) is 3.08. The van der Waals surface area contributed by atoms with Crippen molar-refractivity contribution in [1.82, 2.24) is 0 Å². The fourth-order valence-corrected chi connectivity index (χ4v) is 3.18. The smallest absolute Gasteiger partial charge is 0.231 e. The Labute approximate surface area is 160 Å². The molecule has 0 unspecified atom stereocenters. The molecule has 0 aromatic heterocycles. The van der Waals surface area contributed by atoms with Gasteiger partial charge in [0.1, 0.15) is 0 Å². The largest absolute Gasteiger partial charge is 0.493 e. The molecule has 0 saturated carbocycles. The lowest BCUT2D eigenvalue weighted by Crippen LogP contribution is -2.12. The number of benzene rings is 2. The highest BCUT2D eigenvalue weighted by Gasteiger charge is 2.20. The molecule has 0 saturated heterocycles. The number of nitrogens with two attached hydrogens (primary N) is 1. The van der Waals surface area contributed by atoms with Crippen LogP contribution in [0.1, 0.15) is 15.9 Å². The summed E-state index contributed by atoms with van der Waals surface area (Å²) in [5.74, 6) is 1.54. The van der Waals surface area contributed by atoms with E-state index < -0.39 is 0 Å². The number of methoxy groups -OCH3 is 1. The molecule has 2 N–H and O–H groups in total. The van der Waals surface area contributed by atoms with Gasteiger partial charge in [-0.05, 0) is 57.9 Å². The Kier molecular flexibility index (Phi) is 5.08. The van der Waals surface area contributed by atoms with Gasteiger partial charge < -0.3 is 24.8 Å². The first-order valence-electron chi connectivity index (χ1n) is 7.87. The lowest BCUT2D eigenvalue weighted by molar-refractivity contribution is 0.104. The number of rotatable bonds is 5. The van der Waals surface area contributed by atoms with Gasteiger partial charge >= 0.3 is 0 Å². The maximum atomic E-state index is 12.7.